The highest BCUT2D eigenvalue weighted by Gasteiger charge is 2.20. The number of aliphatic hydroxyl groups is 1. The predicted octanol–water partition coefficient (Wildman–Crippen LogP) is 0.644. The molecule has 7 heteroatoms. The van der Waals surface area contributed by atoms with Crippen molar-refractivity contribution in [2.75, 3.05) is 26.2 Å². The third-order valence-corrected chi connectivity index (χ3v) is 4.25. The van der Waals surface area contributed by atoms with Crippen molar-refractivity contribution in [1.29, 1.82) is 0 Å². The maximum atomic E-state index is 12.6. The molecule has 1 saturated heterocycles. The number of carbonyl (C=O) groups is 2. The van der Waals surface area contributed by atoms with E-state index < -0.39 is 0 Å². The molecule has 1 aliphatic rings. The maximum absolute atomic E-state index is 12.6. The van der Waals surface area contributed by atoms with Crippen molar-refractivity contribution in [3.8, 4) is 0 Å². The van der Waals surface area contributed by atoms with E-state index in [4.69, 9.17) is 0 Å². The second kappa shape index (κ2) is 8.67. The maximum Gasteiger partial charge on any atom is 0.274 e. The van der Waals surface area contributed by atoms with Crippen LogP contribution in [0, 0.1) is 5.92 Å². The molecule has 1 aromatic heterocycles. The molecule has 0 saturated carbocycles. The topological polar surface area (TPSA) is 87.5 Å². The lowest BCUT2D eigenvalue weighted by Crippen LogP contribution is -2.36. The Hall–Kier alpha value is -1.89. The molecule has 1 unspecified atom stereocenters. The molecule has 0 radical (unpaired) electrons. The van der Waals surface area contributed by atoms with Gasteiger partial charge in [-0.25, -0.2) is 0 Å². The van der Waals surface area contributed by atoms with Crippen LogP contribution < -0.4 is 5.32 Å². The fraction of sp³-hybridized carbons (Fsp3) is 0.688. The quantitative estimate of drug-likeness (QED) is 0.855. The summed E-state index contributed by atoms with van der Waals surface area (Å²) < 4.78 is 1.72. The molecule has 2 amide bonds. The first-order chi connectivity index (χ1) is 11.1. The van der Waals surface area contributed by atoms with Crippen molar-refractivity contribution in [3.05, 3.63) is 18.0 Å². The summed E-state index contributed by atoms with van der Waals surface area (Å²) in [5.41, 5.74) is 0.417. The third-order valence-electron chi connectivity index (χ3n) is 4.25. The summed E-state index contributed by atoms with van der Waals surface area (Å²) in [5.74, 6) is -0.0186. The Morgan fingerprint density at radius 3 is 2.96 bits per heavy atom. The first-order valence-corrected chi connectivity index (χ1v) is 8.34. The summed E-state index contributed by atoms with van der Waals surface area (Å²) in [6.07, 6.45) is 4.52. The molecule has 0 bridgehead atoms. The Labute approximate surface area is 136 Å². The molecule has 1 fully saturated rings. The van der Waals surface area contributed by atoms with Gasteiger partial charge in [-0.05, 0) is 38.2 Å². The van der Waals surface area contributed by atoms with Crippen molar-refractivity contribution >= 4 is 11.8 Å². The molecule has 1 aliphatic heterocycles. The monoisotopic (exact) mass is 322 g/mol. The second-order valence-corrected chi connectivity index (χ2v) is 5.93. The Bertz CT molecular complexity index is 529. The highest BCUT2D eigenvalue weighted by atomic mass is 16.3. The molecule has 0 aromatic carbocycles. The number of rotatable bonds is 3. The second-order valence-electron chi connectivity index (χ2n) is 5.93. The minimum absolute atomic E-state index is 0.0551. The van der Waals surface area contributed by atoms with Crippen LogP contribution >= 0.6 is 0 Å². The van der Waals surface area contributed by atoms with Crippen molar-refractivity contribution in [1.82, 2.24) is 20.0 Å². The third kappa shape index (κ3) is 5.06. The summed E-state index contributed by atoms with van der Waals surface area (Å²) in [4.78, 5) is 26.1. The van der Waals surface area contributed by atoms with E-state index in [-0.39, 0.29) is 24.3 Å². The van der Waals surface area contributed by atoms with E-state index in [2.05, 4.69) is 10.4 Å². The number of hydrogen-bond donors (Lipinski definition) is 2. The van der Waals surface area contributed by atoms with Gasteiger partial charge in [0.15, 0.2) is 0 Å². The van der Waals surface area contributed by atoms with E-state index in [1.807, 2.05) is 6.92 Å². The smallest absolute Gasteiger partial charge is 0.274 e. The standard InChI is InChI=1S/C16H26N4O3/c1-2-20-11-6-14(18-20)16(23)19-9-3-4-13(12-21)5-8-17-15(22)7-10-19/h6,11,13,21H,2-5,7-10,12H2,1H3,(H,17,22). The lowest BCUT2D eigenvalue weighted by molar-refractivity contribution is -0.121. The number of carbonyl (C=O) groups excluding carboxylic acids is 2. The summed E-state index contributed by atoms with van der Waals surface area (Å²) in [7, 11) is 0. The molecule has 23 heavy (non-hydrogen) atoms. The van der Waals surface area contributed by atoms with Crippen molar-refractivity contribution in [2.24, 2.45) is 5.92 Å². The number of aromatic nitrogens is 2. The van der Waals surface area contributed by atoms with E-state index >= 15 is 0 Å². The van der Waals surface area contributed by atoms with Gasteiger partial charge in [0.05, 0.1) is 0 Å². The summed E-state index contributed by atoms with van der Waals surface area (Å²) in [5, 5.41) is 16.5. The highest BCUT2D eigenvalue weighted by Crippen LogP contribution is 2.13. The van der Waals surface area contributed by atoms with Crippen LogP contribution in [0.3, 0.4) is 0 Å². The zero-order valence-corrected chi connectivity index (χ0v) is 13.7. The van der Waals surface area contributed by atoms with Crippen LogP contribution in [0.1, 0.15) is 43.1 Å². The molecule has 2 N–H and O–H groups in total. The number of amides is 2. The molecular weight excluding hydrogens is 296 g/mol. The first-order valence-electron chi connectivity index (χ1n) is 8.34. The molecule has 1 atom stereocenters. The van der Waals surface area contributed by atoms with Crippen LogP contribution in [0.4, 0.5) is 0 Å². The van der Waals surface area contributed by atoms with Crippen molar-refractivity contribution in [2.45, 2.75) is 39.2 Å². The summed E-state index contributed by atoms with van der Waals surface area (Å²) in [6.45, 7) is 4.36. The first kappa shape index (κ1) is 17.5. The fourth-order valence-electron chi connectivity index (χ4n) is 2.77. The van der Waals surface area contributed by atoms with Crippen LogP contribution in [-0.2, 0) is 11.3 Å². The molecule has 2 rings (SSSR count). The minimum Gasteiger partial charge on any atom is -0.396 e. The molecule has 0 spiro atoms. The SMILES string of the molecule is CCn1ccc(C(=O)N2CCCC(CO)CCNC(=O)CC2)n1. The van der Waals surface area contributed by atoms with E-state index in [1.54, 1.807) is 21.8 Å². The van der Waals surface area contributed by atoms with E-state index in [1.165, 1.54) is 0 Å². The van der Waals surface area contributed by atoms with Gasteiger partial charge in [0, 0.05) is 45.4 Å². The summed E-state index contributed by atoms with van der Waals surface area (Å²) in [6, 6.07) is 1.72. The number of aliphatic hydroxyl groups excluding tert-OH is 1. The molecular formula is C16H26N4O3. The molecule has 2 heterocycles. The van der Waals surface area contributed by atoms with Crippen LogP contribution in [0.5, 0.6) is 0 Å². The number of nitrogens with zero attached hydrogens (tertiary/aromatic N) is 3. The largest absolute Gasteiger partial charge is 0.396 e. The van der Waals surface area contributed by atoms with Crippen LogP contribution in [-0.4, -0.2) is 57.8 Å². The van der Waals surface area contributed by atoms with Gasteiger partial charge in [-0.2, -0.15) is 5.10 Å². The zero-order valence-electron chi connectivity index (χ0n) is 13.7. The van der Waals surface area contributed by atoms with Crippen molar-refractivity contribution < 1.29 is 14.7 Å². The lowest BCUT2D eigenvalue weighted by Gasteiger charge is -2.22. The van der Waals surface area contributed by atoms with Gasteiger partial charge >= 0.3 is 0 Å². The van der Waals surface area contributed by atoms with E-state index in [9.17, 15) is 14.7 Å². The van der Waals surface area contributed by atoms with Crippen LogP contribution in [0.25, 0.3) is 0 Å². The minimum atomic E-state index is -0.134. The normalized spacial score (nSPS) is 20.7. The summed E-state index contributed by atoms with van der Waals surface area (Å²) >= 11 is 0. The fourth-order valence-corrected chi connectivity index (χ4v) is 2.77. The van der Waals surface area contributed by atoms with Crippen molar-refractivity contribution in [3.63, 3.8) is 0 Å². The molecule has 1 aromatic rings. The van der Waals surface area contributed by atoms with Gasteiger partial charge in [0.1, 0.15) is 5.69 Å². The molecule has 0 aliphatic carbocycles. The highest BCUT2D eigenvalue weighted by molar-refractivity contribution is 5.92. The van der Waals surface area contributed by atoms with Gasteiger partial charge < -0.3 is 15.3 Å². The van der Waals surface area contributed by atoms with Crippen LogP contribution in [0.15, 0.2) is 12.3 Å². The van der Waals surface area contributed by atoms with Gasteiger partial charge in [-0.3, -0.25) is 14.3 Å². The number of aryl methyl sites for hydroxylation is 1. The van der Waals surface area contributed by atoms with Crippen LogP contribution in [0.2, 0.25) is 0 Å². The Balaban J connectivity index is 2.04. The van der Waals surface area contributed by atoms with Gasteiger partial charge in [0.2, 0.25) is 5.91 Å². The van der Waals surface area contributed by atoms with Gasteiger partial charge in [0.25, 0.3) is 5.91 Å². The van der Waals surface area contributed by atoms with Gasteiger partial charge in [-0.1, -0.05) is 0 Å². The molecule has 7 nitrogen and oxygen atoms in total. The number of nitrogens with one attached hydrogen (secondary N) is 1. The zero-order chi connectivity index (χ0) is 16.7. The number of hydrogen-bond acceptors (Lipinski definition) is 4. The Morgan fingerprint density at radius 2 is 2.26 bits per heavy atom. The molecule has 128 valence electrons. The Kier molecular flexibility index (Phi) is 6.58. The average molecular weight is 322 g/mol. The van der Waals surface area contributed by atoms with E-state index in [0.717, 1.165) is 19.3 Å². The average Bonchev–Trinajstić information content (AvgIpc) is 3.02. The Morgan fingerprint density at radius 1 is 1.43 bits per heavy atom. The van der Waals surface area contributed by atoms with E-state index in [0.29, 0.717) is 38.3 Å². The van der Waals surface area contributed by atoms with Gasteiger partial charge in [-0.15, -0.1) is 0 Å². The predicted molar refractivity (Wildman–Crippen MR) is 85.9 cm³/mol. The lowest BCUT2D eigenvalue weighted by atomic mass is 10.0.